The van der Waals surface area contributed by atoms with E-state index in [2.05, 4.69) is 50.4 Å². The molecule has 64 heavy (non-hydrogen) atoms. The van der Waals surface area contributed by atoms with Crippen molar-refractivity contribution < 1.29 is 38.9 Å². The maximum atomic E-state index is 13.7. The third-order valence-electron chi connectivity index (χ3n) is 11.2. The van der Waals surface area contributed by atoms with Crippen LogP contribution in [0.4, 0.5) is 5.69 Å². The number of nitrogens with zero attached hydrogens (tertiary/aromatic N) is 1. The summed E-state index contributed by atoms with van der Waals surface area (Å²) in [6.45, 7) is 3.96. The zero-order valence-electron chi connectivity index (χ0n) is 36.1. The molecule has 5 aromatic carbocycles. The van der Waals surface area contributed by atoms with Gasteiger partial charge in [0.2, 0.25) is 0 Å². The normalized spacial score (nSPS) is 14.0. The third kappa shape index (κ3) is 13.6. The van der Waals surface area contributed by atoms with Gasteiger partial charge in [-0.2, -0.15) is 0 Å². The minimum Gasteiger partial charge on any atom is -0.506 e. The molecule has 1 unspecified atom stereocenters. The lowest BCUT2D eigenvalue weighted by atomic mass is 9.91. The van der Waals surface area contributed by atoms with Gasteiger partial charge in [-0.3, -0.25) is 24.1 Å². The smallest absolute Gasteiger partial charge is 0.317 e. The summed E-state index contributed by atoms with van der Waals surface area (Å²) < 4.78 is 11.8. The summed E-state index contributed by atoms with van der Waals surface area (Å²) in [5, 5.41) is 32.8. The number of esters is 1. The molecule has 6 N–H and O–H groups in total. The molecule has 6 rings (SSSR count). The first-order chi connectivity index (χ1) is 31.2. The molecule has 0 radical (unpaired) electrons. The number of likely N-dealkylation sites (tertiary alicyclic amines) is 1. The van der Waals surface area contributed by atoms with E-state index in [9.17, 15) is 29.4 Å². The SMILES string of the molecule is CNc1c(O)ccc([C@@H](O)CNCc2ccc(C(=O)NCCNC(=O)COc3cccc(C(C(=O)OCC4CCN(Cc5ccccc5)CC4)c4ccccc4)c3)cc2)c1/C=C\C=O. The second-order valence-corrected chi connectivity index (χ2v) is 15.7. The lowest BCUT2D eigenvalue weighted by Gasteiger charge is -2.32. The van der Waals surface area contributed by atoms with E-state index in [0.717, 1.165) is 43.6 Å². The Morgan fingerprint density at radius 2 is 1.53 bits per heavy atom. The van der Waals surface area contributed by atoms with Gasteiger partial charge in [-0.1, -0.05) is 91.0 Å². The molecule has 13 heteroatoms. The molecular formula is C51H57N5O8. The van der Waals surface area contributed by atoms with Crippen LogP contribution in [0.3, 0.4) is 0 Å². The molecule has 1 aliphatic heterocycles. The Morgan fingerprint density at radius 3 is 2.25 bits per heavy atom. The van der Waals surface area contributed by atoms with Crippen LogP contribution in [0.1, 0.15) is 68.6 Å². The number of hydrogen-bond donors (Lipinski definition) is 6. The first-order valence-corrected chi connectivity index (χ1v) is 21.6. The monoisotopic (exact) mass is 867 g/mol. The second-order valence-electron chi connectivity index (χ2n) is 15.7. The van der Waals surface area contributed by atoms with Crippen molar-refractivity contribution in [1.29, 1.82) is 0 Å². The number of aldehydes is 1. The molecule has 0 saturated carbocycles. The Labute approximate surface area is 374 Å². The van der Waals surface area contributed by atoms with Gasteiger partial charge in [-0.05, 0) is 102 Å². The molecule has 1 heterocycles. The molecule has 2 atom stereocenters. The standard InChI is InChI=1S/C51H57N5O8/c1-52-49-44(16-9-29-57)43(21-22-45(49)58)46(59)32-53-31-36-17-19-40(20-18-36)50(61)55-26-25-54-47(60)35-63-42-15-8-14-41(30-42)48(39-12-6-3-7-13-39)51(62)64-34-38-23-27-56(28-24-38)33-37-10-4-2-5-11-37/h2-22,29-30,38,46,48,52-53,58-59H,23-28,31-35H2,1H3,(H,54,60)(H,55,61)/b16-9-/t46-,48?/m0/s1. The van der Waals surface area contributed by atoms with Crippen LogP contribution in [-0.4, -0.2) is 92.2 Å². The van der Waals surface area contributed by atoms with E-state index >= 15 is 0 Å². The number of phenols is 1. The second kappa shape index (κ2) is 24.2. The van der Waals surface area contributed by atoms with Crippen molar-refractivity contribution in [2.24, 2.45) is 5.92 Å². The van der Waals surface area contributed by atoms with Crippen LogP contribution in [0.25, 0.3) is 6.08 Å². The zero-order valence-corrected chi connectivity index (χ0v) is 36.1. The molecule has 334 valence electrons. The fourth-order valence-corrected chi connectivity index (χ4v) is 7.74. The molecule has 1 aliphatic rings. The number of aromatic hydroxyl groups is 1. The zero-order chi connectivity index (χ0) is 45.1. The van der Waals surface area contributed by atoms with Crippen molar-refractivity contribution in [2.45, 2.75) is 38.0 Å². The highest BCUT2D eigenvalue weighted by Gasteiger charge is 2.27. The number of benzene rings is 5. The molecular weight excluding hydrogens is 811 g/mol. The maximum Gasteiger partial charge on any atom is 0.317 e. The van der Waals surface area contributed by atoms with E-state index in [1.54, 1.807) is 43.4 Å². The number of rotatable bonds is 22. The predicted octanol–water partition coefficient (Wildman–Crippen LogP) is 5.98. The average Bonchev–Trinajstić information content (AvgIpc) is 3.32. The van der Waals surface area contributed by atoms with Gasteiger partial charge in [0.1, 0.15) is 23.7 Å². The van der Waals surface area contributed by atoms with Gasteiger partial charge < -0.3 is 41.0 Å². The van der Waals surface area contributed by atoms with Crippen LogP contribution in [0.2, 0.25) is 0 Å². The van der Waals surface area contributed by atoms with Crippen LogP contribution >= 0.6 is 0 Å². The minimum absolute atomic E-state index is 0.00135. The topological polar surface area (TPSA) is 179 Å². The van der Waals surface area contributed by atoms with Crippen molar-refractivity contribution in [1.82, 2.24) is 20.9 Å². The molecule has 1 fully saturated rings. The molecule has 0 spiro atoms. The quantitative estimate of drug-likeness (QED) is 0.0159. The van der Waals surface area contributed by atoms with Crippen molar-refractivity contribution in [3.63, 3.8) is 0 Å². The molecule has 0 aliphatic carbocycles. The van der Waals surface area contributed by atoms with Gasteiger partial charge in [-0.25, -0.2) is 0 Å². The number of allylic oxidation sites excluding steroid dienone is 1. The summed E-state index contributed by atoms with van der Waals surface area (Å²) in [5.41, 5.74) is 5.60. The molecule has 5 aromatic rings. The molecule has 1 saturated heterocycles. The van der Waals surface area contributed by atoms with Gasteiger partial charge in [0.15, 0.2) is 6.61 Å². The Balaban J connectivity index is 0.910. The number of carbonyl (C=O) groups is 4. The van der Waals surface area contributed by atoms with Crippen molar-refractivity contribution >= 4 is 35.8 Å². The van der Waals surface area contributed by atoms with E-state index in [4.69, 9.17) is 9.47 Å². The van der Waals surface area contributed by atoms with Gasteiger partial charge in [0.25, 0.3) is 11.8 Å². The van der Waals surface area contributed by atoms with E-state index in [-0.39, 0.29) is 49.8 Å². The summed E-state index contributed by atoms with van der Waals surface area (Å²) in [5.74, 6) is -0.913. The van der Waals surface area contributed by atoms with Crippen LogP contribution in [0.5, 0.6) is 11.5 Å². The van der Waals surface area contributed by atoms with Crippen LogP contribution in [0.15, 0.2) is 127 Å². The summed E-state index contributed by atoms with van der Waals surface area (Å²) in [7, 11) is 1.64. The minimum atomic E-state index is -0.924. The van der Waals surface area contributed by atoms with E-state index in [1.807, 2.05) is 54.6 Å². The summed E-state index contributed by atoms with van der Waals surface area (Å²) >= 11 is 0. The number of nitrogens with one attached hydrogen (secondary N) is 4. The predicted molar refractivity (Wildman–Crippen MR) is 247 cm³/mol. The fraction of sp³-hybridized carbons (Fsp3) is 0.294. The first-order valence-electron chi connectivity index (χ1n) is 21.6. The van der Waals surface area contributed by atoms with Gasteiger partial charge in [0, 0.05) is 50.9 Å². The third-order valence-corrected chi connectivity index (χ3v) is 11.2. The van der Waals surface area contributed by atoms with E-state index in [0.29, 0.717) is 59.0 Å². The Morgan fingerprint density at radius 1 is 0.828 bits per heavy atom. The van der Waals surface area contributed by atoms with Crippen molar-refractivity contribution in [3.05, 3.63) is 166 Å². The fourth-order valence-electron chi connectivity index (χ4n) is 7.74. The number of anilines is 1. The van der Waals surface area contributed by atoms with Crippen molar-refractivity contribution in [2.75, 3.05) is 58.3 Å². The van der Waals surface area contributed by atoms with Crippen molar-refractivity contribution in [3.8, 4) is 11.5 Å². The molecule has 0 aromatic heterocycles. The number of ether oxygens (including phenoxy) is 2. The number of amides is 2. The number of phenolic OH excluding ortho intramolecular Hbond substituents is 1. The van der Waals surface area contributed by atoms with Gasteiger partial charge in [0.05, 0.1) is 18.4 Å². The molecule has 13 nitrogen and oxygen atoms in total. The lowest BCUT2D eigenvalue weighted by molar-refractivity contribution is -0.146. The first kappa shape index (κ1) is 46.7. The summed E-state index contributed by atoms with van der Waals surface area (Å²) in [4.78, 5) is 52.6. The molecule has 0 bridgehead atoms. The maximum absolute atomic E-state index is 13.7. The highest BCUT2D eigenvalue weighted by atomic mass is 16.5. The Hall–Kier alpha value is -6.80. The lowest BCUT2D eigenvalue weighted by Crippen LogP contribution is -2.36. The van der Waals surface area contributed by atoms with Crippen LogP contribution in [0, 0.1) is 5.92 Å². The van der Waals surface area contributed by atoms with Crippen LogP contribution < -0.4 is 26.0 Å². The number of aliphatic hydroxyl groups is 1. The highest BCUT2D eigenvalue weighted by molar-refractivity contribution is 5.94. The van der Waals surface area contributed by atoms with E-state index in [1.165, 1.54) is 23.8 Å². The molecule has 2 amide bonds. The summed E-state index contributed by atoms with van der Waals surface area (Å²) in [6, 6.07) is 37.2. The van der Waals surface area contributed by atoms with E-state index < -0.39 is 12.0 Å². The van der Waals surface area contributed by atoms with Crippen LogP contribution in [-0.2, 0) is 32.2 Å². The highest BCUT2D eigenvalue weighted by Crippen LogP contribution is 2.34. The average molecular weight is 868 g/mol. The Kier molecular flexibility index (Phi) is 17.6. The largest absolute Gasteiger partial charge is 0.506 e. The number of carbonyl (C=O) groups excluding carboxylic acids is 4. The van der Waals surface area contributed by atoms with Gasteiger partial charge in [-0.15, -0.1) is 0 Å². The number of piperidine rings is 1. The van der Waals surface area contributed by atoms with Gasteiger partial charge >= 0.3 is 5.97 Å². The summed E-state index contributed by atoms with van der Waals surface area (Å²) in [6.07, 6.45) is 4.46. The number of aliphatic hydroxyl groups excluding tert-OH is 1. The number of hydrogen-bond acceptors (Lipinski definition) is 11. The Bertz CT molecular complexity index is 2320.